The van der Waals surface area contributed by atoms with Crippen LogP contribution in [-0.2, 0) is 15.6 Å². The van der Waals surface area contributed by atoms with Gasteiger partial charge in [0.15, 0.2) is 11.5 Å². The standard InChI is InChI=1S/C26H30O4/c1-14-9-10-16-17(11-14)22(28)24(30-8)20(21(16)27)15-12-18(25(2,3)4)23(29)19(13-15)26(5,6)7/h9-13,29H,1-8H3. The van der Waals surface area contributed by atoms with Crippen LogP contribution in [-0.4, -0.2) is 23.8 Å². The van der Waals surface area contributed by atoms with E-state index in [0.717, 1.165) is 16.7 Å². The molecule has 1 aliphatic carbocycles. The van der Waals surface area contributed by atoms with E-state index in [2.05, 4.69) is 0 Å². The Morgan fingerprint density at radius 1 is 0.800 bits per heavy atom. The van der Waals surface area contributed by atoms with Crippen molar-refractivity contribution in [3.63, 3.8) is 0 Å². The summed E-state index contributed by atoms with van der Waals surface area (Å²) in [5.41, 5.74) is 3.22. The van der Waals surface area contributed by atoms with Crippen LogP contribution in [0.1, 0.15) is 84.5 Å². The molecular formula is C26H30O4. The summed E-state index contributed by atoms with van der Waals surface area (Å²) < 4.78 is 5.47. The second-order valence-electron chi connectivity index (χ2n) is 10.0. The molecule has 0 bridgehead atoms. The van der Waals surface area contributed by atoms with Gasteiger partial charge in [0.05, 0.1) is 12.7 Å². The van der Waals surface area contributed by atoms with Crippen LogP contribution in [0.4, 0.5) is 0 Å². The number of fused-ring (bicyclic) bond motifs is 1. The van der Waals surface area contributed by atoms with Crippen LogP contribution in [0.25, 0.3) is 5.57 Å². The first-order valence-electron chi connectivity index (χ1n) is 10.1. The Morgan fingerprint density at radius 2 is 1.33 bits per heavy atom. The molecule has 1 aliphatic rings. The van der Waals surface area contributed by atoms with Gasteiger partial charge in [0.25, 0.3) is 0 Å². The molecule has 158 valence electrons. The van der Waals surface area contributed by atoms with Crippen LogP contribution in [0.15, 0.2) is 36.1 Å². The molecule has 0 radical (unpaired) electrons. The van der Waals surface area contributed by atoms with Crippen molar-refractivity contribution in [1.29, 1.82) is 0 Å². The Hall–Kier alpha value is -2.88. The second-order valence-corrected chi connectivity index (χ2v) is 10.0. The molecule has 0 aliphatic heterocycles. The lowest BCUT2D eigenvalue weighted by Crippen LogP contribution is -2.24. The van der Waals surface area contributed by atoms with Crippen LogP contribution < -0.4 is 0 Å². The molecule has 0 aromatic heterocycles. The molecule has 0 amide bonds. The van der Waals surface area contributed by atoms with Crippen molar-refractivity contribution < 1.29 is 19.4 Å². The van der Waals surface area contributed by atoms with Crippen molar-refractivity contribution in [3.05, 3.63) is 69.5 Å². The molecule has 0 spiro atoms. The third kappa shape index (κ3) is 3.55. The number of allylic oxidation sites excluding steroid dienone is 2. The second kappa shape index (κ2) is 7.12. The van der Waals surface area contributed by atoms with Crippen LogP contribution in [0.5, 0.6) is 5.75 Å². The number of aryl methyl sites for hydroxylation is 1. The maximum absolute atomic E-state index is 13.5. The highest BCUT2D eigenvalue weighted by molar-refractivity contribution is 6.40. The van der Waals surface area contributed by atoms with Crippen molar-refractivity contribution in [2.45, 2.75) is 59.3 Å². The van der Waals surface area contributed by atoms with E-state index in [0.29, 0.717) is 16.7 Å². The number of aromatic hydroxyl groups is 1. The number of hydrogen-bond acceptors (Lipinski definition) is 4. The smallest absolute Gasteiger partial charge is 0.229 e. The molecule has 4 heteroatoms. The van der Waals surface area contributed by atoms with E-state index >= 15 is 0 Å². The van der Waals surface area contributed by atoms with Crippen LogP contribution >= 0.6 is 0 Å². The van der Waals surface area contributed by atoms with Gasteiger partial charge in [-0.05, 0) is 41.5 Å². The quantitative estimate of drug-likeness (QED) is 0.691. The molecule has 0 saturated carbocycles. The average molecular weight is 407 g/mol. The van der Waals surface area contributed by atoms with Gasteiger partial charge >= 0.3 is 0 Å². The Morgan fingerprint density at radius 3 is 1.80 bits per heavy atom. The highest BCUT2D eigenvalue weighted by atomic mass is 16.5. The van der Waals surface area contributed by atoms with Crippen molar-refractivity contribution in [1.82, 2.24) is 0 Å². The molecule has 2 aromatic rings. The number of phenolic OH excluding ortho intramolecular Hbond substituents is 1. The number of methoxy groups -OCH3 is 1. The maximum Gasteiger partial charge on any atom is 0.229 e. The maximum atomic E-state index is 13.5. The van der Waals surface area contributed by atoms with E-state index in [1.165, 1.54) is 7.11 Å². The van der Waals surface area contributed by atoms with E-state index in [9.17, 15) is 14.7 Å². The number of rotatable bonds is 2. The topological polar surface area (TPSA) is 63.6 Å². The van der Waals surface area contributed by atoms with Gasteiger partial charge in [-0.1, -0.05) is 59.2 Å². The number of carbonyl (C=O) groups is 2. The number of benzene rings is 2. The van der Waals surface area contributed by atoms with Gasteiger partial charge in [-0.25, -0.2) is 0 Å². The number of phenols is 1. The lowest BCUT2D eigenvalue weighted by Gasteiger charge is -2.29. The number of carbonyl (C=O) groups excluding carboxylic acids is 2. The molecule has 4 nitrogen and oxygen atoms in total. The lowest BCUT2D eigenvalue weighted by molar-refractivity contribution is 0.0925. The van der Waals surface area contributed by atoms with Crippen LogP contribution in [0.3, 0.4) is 0 Å². The fourth-order valence-corrected chi connectivity index (χ4v) is 3.90. The predicted octanol–water partition coefficient (Wildman–Crippen LogP) is 5.73. The van der Waals surface area contributed by atoms with Crippen molar-refractivity contribution >= 4 is 17.1 Å². The first-order valence-corrected chi connectivity index (χ1v) is 10.1. The third-order valence-electron chi connectivity index (χ3n) is 5.54. The normalized spacial score (nSPS) is 14.8. The van der Waals surface area contributed by atoms with Crippen molar-refractivity contribution in [2.75, 3.05) is 7.11 Å². The SMILES string of the molecule is COC1=C(c2cc(C(C)(C)C)c(O)c(C(C)(C)C)c2)C(=O)c2ccc(C)cc2C1=O. The van der Waals surface area contributed by atoms with Gasteiger partial charge in [0.2, 0.25) is 5.78 Å². The summed E-state index contributed by atoms with van der Waals surface area (Å²) >= 11 is 0. The molecule has 0 saturated heterocycles. The van der Waals surface area contributed by atoms with Gasteiger partial charge in [0.1, 0.15) is 5.75 Å². The molecule has 30 heavy (non-hydrogen) atoms. The molecule has 0 atom stereocenters. The highest BCUT2D eigenvalue weighted by Crippen LogP contribution is 2.43. The average Bonchev–Trinajstić information content (AvgIpc) is 2.62. The Bertz CT molecular complexity index is 1050. The summed E-state index contributed by atoms with van der Waals surface area (Å²) in [6.07, 6.45) is 0. The van der Waals surface area contributed by atoms with Crippen LogP contribution in [0, 0.1) is 6.92 Å². The van der Waals surface area contributed by atoms with Crippen molar-refractivity contribution in [2.24, 2.45) is 0 Å². The van der Waals surface area contributed by atoms with E-state index < -0.39 is 0 Å². The largest absolute Gasteiger partial charge is 0.507 e. The van der Waals surface area contributed by atoms with Gasteiger partial charge < -0.3 is 9.84 Å². The van der Waals surface area contributed by atoms with Gasteiger partial charge in [-0.3, -0.25) is 9.59 Å². The van der Waals surface area contributed by atoms with Gasteiger partial charge in [0, 0.05) is 22.3 Å². The molecule has 0 unspecified atom stereocenters. The van der Waals surface area contributed by atoms with Crippen LogP contribution in [0.2, 0.25) is 0 Å². The number of Topliss-reactive ketones (excluding diaryl/α,β-unsaturated/α-hetero) is 2. The fraction of sp³-hybridized carbons (Fsp3) is 0.385. The zero-order valence-electron chi connectivity index (χ0n) is 19.1. The Balaban J connectivity index is 2.37. The van der Waals surface area contributed by atoms with E-state index in [1.54, 1.807) is 12.1 Å². The molecule has 3 rings (SSSR count). The molecule has 0 fully saturated rings. The molecular weight excluding hydrogens is 376 g/mol. The predicted molar refractivity (Wildman–Crippen MR) is 119 cm³/mol. The van der Waals surface area contributed by atoms with E-state index in [4.69, 9.17) is 4.74 Å². The minimum absolute atomic E-state index is 0.0449. The zero-order chi connectivity index (χ0) is 22.6. The summed E-state index contributed by atoms with van der Waals surface area (Å²) in [7, 11) is 1.41. The first-order chi connectivity index (χ1) is 13.8. The van der Waals surface area contributed by atoms with E-state index in [1.807, 2.05) is 66.7 Å². The van der Waals surface area contributed by atoms with Crippen molar-refractivity contribution in [3.8, 4) is 5.75 Å². The minimum Gasteiger partial charge on any atom is -0.507 e. The van der Waals surface area contributed by atoms with Gasteiger partial charge in [-0.15, -0.1) is 0 Å². The summed E-state index contributed by atoms with van der Waals surface area (Å²) in [4.78, 5) is 26.7. The molecule has 1 N–H and O–H groups in total. The zero-order valence-corrected chi connectivity index (χ0v) is 19.1. The Kier molecular flexibility index (Phi) is 5.18. The summed E-state index contributed by atoms with van der Waals surface area (Å²) in [5, 5.41) is 11.0. The molecule has 2 aromatic carbocycles. The third-order valence-corrected chi connectivity index (χ3v) is 5.54. The number of ketones is 2. The highest BCUT2D eigenvalue weighted by Gasteiger charge is 2.36. The Labute approximate surface area is 178 Å². The van der Waals surface area contributed by atoms with E-state index in [-0.39, 0.29) is 39.5 Å². The number of ether oxygens (including phenoxy) is 1. The monoisotopic (exact) mass is 406 g/mol. The summed E-state index contributed by atoms with van der Waals surface area (Å²) in [6, 6.07) is 8.88. The summed E-state index contributed by atoms with van der Waals surface area (Å²) in [5.74, 6) is -0.271. The fourth-order valence-electron chi connectivity index (χ4n) is 3.90. The number of hydrogen-bond donors (Lipinski definition) is 1. The lowest BCUT2D eigenvalue weighted by atomic mass is 9.76. The molecule has 0 heterocycles. The summed E-state index contributed by atoms with van der Waals surface area (Å²) in [6.45, 7) is 13.9. The minimum atomic E-state index is -0.357. The van der Waals surface area contributed by atoms with Gasteiger partial charge in [-0.2, -0.15) is 0 Å². The first kappa shape index (κ1) is 21.8.